The second-order valence-electron chi connectivity index (χ2n) is 15.8. The number of rotatable bonds is 1. The van der Waals surface area contributed by atoms with Crippen LogP contribution in [0, 0.1) is 50.2 Å². The summed E-state index contributed by atoms with van der Waals surface area (Å²) in [6, 6.07) is 0. The molecule has 0 unspecified atom stereocenters. The van der Waals surface area contributed by atoms with Gasteiger partial charge in [-0.3, -0.25) is 9.00 Å². The average Bonchev–Trinajstić information content (AvgIpc) is 2.76. The maximum Gasteiger partial charge on any atom is 0.310 e. The fourth-order valence-corrected chi connectivity index (χ4v) is 10.6. The molecule has 5 aliphatic carbocycles. The molecule has 4 saturated carbocycles. The highest BCUT2D eigenvalue weighted by molar-refractivity contribution is 7.83. The van der Waals surface area contributed by atoms with E-state index in [2.05, 4.69) is 54.5 Å². The number of carboxylic acid groups (broad SMARTS) is 1. The van der Waals surface area contributed by atoms with E-state index in [4.69, 9.17) is 0 Å². The Labute approximate surface area is 228 Å². The molecule has 8 atom stereocenters. The van der Waals surface area contributed by atoms with Gasteiger partial charge in [0.1, 0.15) is 0 Å². The lowest BCUT2D eigenvalue weighted by atomic mass is 9.33. The van der Waals surface area contributed by atoms with Gasteiger partial charge in [-0.2, -0.15) is 0 Å². The van der Waals surface area contributed by atoms with E-state index in [1.807, 2.05) is 0 Å². The number of carboxylic acids is 1. The van der Waals surface area contributed by atoms with Gasteiger partial charge in [0.2, 0.25) is 0 Å². The lowest BCUT2D eigenvalue weighted by Crippen LogP contribution is -2.65. The van der Waals surface area contributed by atoms with E-state index in [0.29, 0.717) is 11.8 Å². The largest absolute Gasteiger partial charge is 0.481 e. The molecule has 0 heterocycles. The van der Waals surface area contributed by atoms with Crippen LogP contribution < -0.4 is 0 Å². The highest BCUT2D eigenvalue weighted by Gasteiger charge is 2.69. The van der Waals surface area contributed by atoms with E-state index in [1.54, 1.807) is 12.5 Å². The molecule has 2 N–H and O–H groups in total. The average molecular weight is 535 g/mol. The number of carbonyl (C=O) groups is 1. The summed E-state index contributed by atoms with van der Waals surface area (Å²) in [7, 11) is -0.611. The van der Waals surface area contributed by atoms with Gasteiger partial charge < -0.3 is 10.2 Å². The molecule has 0 spiro atoms. The summed E-state index contributed by atoms with van der Waals surface area (Å²) in [5.41, 5.74) is 1.68. The van der Waals surface area contributed by atoms with E-state index < -0.39 is 22.2 Å². The number of allylic oxidation sites excluding steroid dienone is 2. The standard InChI is InChI=1S/C30H48O3.C2H6OS/c1-25(2)14-16-30(24(32)33)17-15-28(6)19(20(30)18-25)8-9-22-27(5)12-11-23(31)26(3,4)21(27)10-13-29(22,28)7;1-4(2)3/h8,20-23,31H,9-18H2,1-7H3,(H,32,33);1-2H3/t20-,21-,22+,23-,27-,28+,29+,30-;/m0./s1. The highest BCUT2D eigenvalue weighted by atomic mass is 32.2. The molecule has 0 bridgehead atoms. The molecule has 0 amide bonds. The number of aliphatic hydroxyl groups is 1. The zero-order chi connectivity index (χ0) is 27.8. The minimum atomic E-state index is -0.611. The van der Waals surface area contributed by atoms with Gasteiger partial charge in [-0.15, -0.1) is 0 Å². The van der Waals surface area contributed by atoms with E-state index >= 15 is 0 Å². The monoisotopic (exact) mass is 534 g/mol. The highest BCUT2D eigenvalue weighted by Crippen LogP contribution is 2.75. The Balaban J connectivity index is 0.000000747. The number of hydrogen-bond donors (Lipinski definition) is 2. The van der Waals surface area contributed by atoms with E-state index in [0.717, 1.165) is 51.4 Å². The minimum absolute atomic E-state index is 0.0301. The summed E-state index contributed by atoms with van der Waals surface area (Å²) in [4.78, 5) is 12.8. The first-order valence-electron chi connectivity index (χ1n) is 14.7. The summed E-state index contributed by atoms with van der Waals surface area (Å²) in [5, 5.41) is 21.4. The molecule has 0 aromatic rings. The van der Waals surface area contributed by atoms with Crippen LogP contribution in [0.3, 0.4) is 0 Å². The lowest BCUT2D eigenvalue weighted by Gasteiger charge is -2.71. The number of hydrogen-bond acceptors (Lipinski definition) is 3. The van der Waals surface area contributed by atoms with Crippen molar-refractivity contribution in [3.05, 3.63) is 11.6 Å². The van der Waals surface area contributed by atoms with Gasteiger partial charge in [0.15, 0.2) is 0 Å². The van der Waals surface area contributed by atoms with E-state index in [1.165, 1.54) is 18.4 Å². The van der Waals surface area contributed by atoms with Crippen LogP contribution in [0.2, 0.25) is 0 Å². The number of aliphatic carboxylic acids is 1. The Kier molecular flexibility index (Phi) is 7.27. The number of aliphatic hydroxyl groups excluding tert-OH is 1. The maximum absolute atomic E-state index is 12.8. The topological polar surface area (TPSA) is 74.6 Å². The van der Waals surface area contributed by atoms with Crippen LogP contribution in [0.1, 0.15) is 113 Å². The molecule has 0 saturated heterocycles. The molecule has 37 heavy (non-hydrogen) atoms. The fourth-order valence-electron chi connectivity index (χ4n) is 10.6. The Morgan fingerprint density at radius 1 is 0.892 bits per heavy atom. The second kappa shape index (κ2) is 9.18. The van der Waals surface area contributed by atoms with Gasteiger partial charge in [-0.05, 0) is 109 Å². The van der Waals surface area contributed by atoms with Gasteiger partial charge in [0, 0.05) is 23.3 Å². The molecule has 0 aliphatic heterocycles. The third-order valence-electron chi connectivity index (χ3n) is 13.0. The van der Waals surface area contributed by atoms with Gasteiger partial charge in [-0.1, -0.05) is 60.1 Å². The molecule has 4 nitrogen and oxygen atoms in total. The first-order valence-corrected chi connectivity index (χ1v) is 16.7. The third kappa shape index (κ3) is 4.23. The van der Waals surface area contributed by atoms with Crippen molar-refractivity contribution in [1.82, 2.24) is 0 Å². The lowest BCUT2D eigenvalue weighted by molar-refractivity contribution is -0.205. The smallest absolute Gasteiger partial charge is 0.310 e. The Hall–Kier alpha value is -0.680. The fraction of sp³-hybridized carbons (Fsp3) is 0.906. The van der Waals surface area contributed by atoms with Crippen molar-refractivity contribution in [2.24, 2.45) is 50.2 Å². The van der Waals surface area contributed by atoms with Gasteiger partial charge in [0.05, 0.1) is 11.5 Å². The van der Waals surface area contributed by atoms with Crippen LogP contribution in [0.25, 0.3) is 0 Å². The van der Waals surface area contributed by atoms with Crippen LogP contribution in [0.5, 0.6) is 0 Å². The second-order valence-corrected chi connectivity index (χ2v) is 17.3. The van der Waals surface area contributed by atoms with Crippen molar-refractivity contribution in [2.75, 3.05) is 12.5 Å². The van der Waals surface area contributed by atoms with Crippen molar-refractivity contribution in [3.63, 3.8) is 0 Å². The van der Waals surface area contributed by atoms with Crippen molar-refractivity contribution in [3.8, 4) is 0 Å². The summed E-state index contributed by atoms with van der Waals surface area (Å²) >= 11 is 0. The first kappa shape index (κ1) is 29.3. The van der Waals surface area contributed by atoms with Gasteiger partial charge in [0.25, 0.3) is 0 Å². The Morgan fingerprint density at radius 3 is 2.08 bits per heavy atom. The summed E-state index contributed by atoms with van der Waals surface area (Å²) in [6.07, 6.45) is 15.9. The Bertz CT molecular complexity index is 979. The predicted molar refractivity (Wildman–Crippen MR) is 153 cm³/mol. The third-order valence-corrected chi connectivity index (χ3v) is 13.0. The van der Waals surface area contributed by atoms with Crippen LogP contribution >= 0.6 is 0 Å². The zero-order valence-corrected chi connectivity index (χ0v) is 25.9. The zero-order valence-electron chi connectivity index (χ0n) is 25.1. The van der Waals surface area contributed by atoms with Crippen molar-refractivity contribution < 1.29 is 19.2 Å². The molecule has 0 radical (unpaired) electrons. The van der Waals surface area contributed by atoms with Crippen LogP contribution in [0.15, 0.2) is 11.6 Å². The summed E-state index contributed by atoms with van der Waals surface area (Å²) in [5.74, 6) is 0.807. The molecule has 5 rings (SSSR count). The van der Waals surface area contributed by atoms with Crippen molar-refractivity contribution in [1.29, 1.82) is 0 Å². The van der Waals surface area contributed by atoms with E-state index in [-0.39, 0.29) is 39.1 Å². The van der Waals surface area contributed by atoms with Crippen LogP contribution in [-0.2, 0) is 15.6 Å². The summed E-state index contributed by atoms with van der Waals surface area (Å²) < 4.78 is 9.56. The molecule has 212 valence electrons. The molecule has 0 aromatic heterocycles. The van der Waals surface area contributed by atoms with Crippen LogP contribution in [0.4, 0.5) is 0 Å². The van der Waals surface area contributed by atoms with E-state index in [9.17, 15) is 19.2 Å². The molecule has 5 aliphatic rings. The van der Waals surface area contributed by atoms with Crippen LogP contribution in [-0.4, -0.2) is 39.0 Å². The Morgan fingerprint density at radius 2 is 1.49 bits per heavy atom. The molecular formula is C32H54O4S. The van der Waals surface area contributed by atoms with Gasteiger partial charge >= 0.3 is 5.97 Å². The molecule has 4 fully saturated rings. The molecule has 5 heteroatoms. The quantitative estimate of drug-likeness (QED) is 0.348. The predicted octanol–water partition coefficient (Wildman–Crippen LogP) is 7.23. The van der Waals surface area contributed by atoms with Crippen molar-refractivity contribution >= 4 is 16.8 Å². The van der Waals surface area contributed by atoms with Gasteiger partial charge in [-0.25, -0.2) is 0 Å². The molecule has 0 aromatic carbocycles. The molecular weight excluding hydrogens is 480 g/mol. The SMILES string of the molecule is CC1(C)CC[C@]2(C(=O)O)CC[C@]3(C)C(=CC[C@@H]4[C@@]5(C)CC[C@H](O)C(C)(C)[C@@H]5CC[C@]43C)[C@@H]2C1.CS(C)=O. The minimum Gasteiger partial charge on any atom is -0.481 e. The normalized spacial score (nSPS) is 47.7. The number of fused-ring (bicyclic) bond motifs is 7. The van der Waals surface area contributed by atoms with Crippen molar-refractivity contribution in [2.45, 2.75) is 119 Å². The maximum atomic E-state index is 12.8. The first-order chi connectivity index (χ1) is 16.9. The summed E-state index contributed by atoms with van der Waals surface area (Å²) in [6.45, 7) is 16.9.